The van der Waals surface area contributed by atoms with Gasteiger partial charge in [-0.25, -0.2) is 0 Å². The van der Waals surface area contributed by atoms with E-state index in [2.05, 4.69) is 6.42 Å². The van der Waals surface area contributed by atoms with Gasteiger partial charge in [-0.3, -0.25) is 0 Å². The van der Waals surface area contributed by atoms with E-state index in [1.807, 2.05) is 0 Å². The van der Waals surface area contributed by atoms with Crippen molar-refractivity contribution < 1.29 is 9.47 Å². The molecule has 5 rings (SSSR count). The Kier molecular flexibility index (Phi) is 2.52. The molecule has 1 heterocycles. The Labute approximate surface area is 104 Å². The van der Waals surface area contributed by atoms with Gasteiger partial charge in [0.2, 0.25) is 0 Å². The minimum atomic E-state index is 0.111. The molecule has 4 saturated carbocycles. The van der Waals surface area contributed by atoms with Crippen LogP contribution in [0.3, 0.4) is 0 Å². The van der Waals surface area contributed by atoms with Crippen LogP contribution >= 0.6 is 0 Å². The van der Waals surface area contributed by atoms with Gasteiger partial charge in [-0.15, -0.1) is 0 Å². The zero-order chi connectivity index (χ0) is 11.3. The first-order valence-electron chi connectivity index (χ1n) is 7.46. The van der Waals surface area contributed by atoms with Crippen molar-refractivity contribution in [3.63, 3.8) is 0 Å². The van der Waals surface area contributed by atoms with E-state index in [0.717, 1.165) is 30.8 Å². The summed E-state index contributed by atoms with van der Waals surface area (Å²) in [6, 6.07) is 0. The largest absolute Gasteiger partial charge is 0.353 e. The zero-order valence-electron chi connectivity index (χ0n) is 10.6. The smallest absolute Gasteiger partial charge is 0.158 e. The van der Waals surface area contributed by atoms with Crippen LogP contribution in [-0.4, -0.2) is 18.5 Å². The van der Waals surface area contributed by atoms with Crippen molar-refractivity contribution in [2.75, 3.05) is 6.61 Å². The highest BCUT2D eigenvalue weighted by Crippen LogP contribution is 2.57. The Morgan fingerprint density at radius 1 is 1.06 bits per heavy atom. The standard InChI is InChI=1S/C15H23O2/c1-2-4-16-14(3-1)17-15-8-11-5-12(9-15)7-13(6-11)10-15/h5,11-14H,1-4,6-10H2. The summed E-state index contributed by atoms with van der Waals surface area (Å²) in [5, 5.41) is 0. The fourth-order valence-electron chi connectivity index (χ4n) is 4.92. The Morgan fingerprint density at radius 2 is 1.88 bits per heavy atom. The van der Waals surface area contributed by atoms with Crippen LogP contribution in [0.5, 0.6) is 0 Å². The summed E-state index contributed by atoms with van der Waals surface area (Å²) < 4.78 is 12.2. The molecule has 2 heteroatoms. The molecule has 1 radical (unpaired) electrons. The number of hydrogen-bond acceptors (Lipinski definition) is 2. The highest BCUT2D eigenvalue weighted by molar-refractivity contribution is 5.10. The van der Waals surface area contributed by atoms with E-state index in [-0.39, 0.29) is 11.9 Å². The van der Waals surface area contributed by atoms with E-state index in [1.54, 1.807) is 0 Å². The average Bonchev–Trinajstić information content (AvgIpc) is 2.27. The molecule has 2 nitrogen and oxygen atoms in total. The second-order valence-corrected chi connectivity index (χ2v) is 6.76. The monoisotopic (exact) mass is 235 g/mol. The lowest BCUT2D eigenvalue weighted by Gasteiger charge is -2.56. The fourth-order valence-corrected chi connectivity index (χ4v) is 4.92. The summed E-state index contributed by atoms with van der Waals surface area (Å²) >= 11 is 0. The summed E-state index contributed by atoms with van der Waals surface area (Å²) in [5.74, 6) is 2.65. The second-order valence-electron chi connectivity index (χ2n) is 6.76. The molecule has 1 aliphatic heterocycles. The van der Waals surface area contributed by atoms with Gasteiger partial charge in [0.1, 0.15) is 0 Å². The van der Waals surface area contributed by atoms with E-state index >= 15 is 0 Å². The Morgan fingerprint density at radius 3 is 2.53 bits per heavy atom. The predicted molar refractivity (Wildman–Crippen MR) is 65.3 cm³/mol. The first-order valence-corrected chi connectivity index (χ1v) is 7.46. The third kappa shape index (κ3) is 1.94. The quantitative estimate of drug-likeness (QED) is 0.731. The van der Waals surface area contributed by atoms with Gasteiger partial charge in [-0.05, 0) is 75.5 Å². The Hall–Kier alpha value is -0.0800. The highest BCUT2D eigenvalue weighted by Gasteiger charge is 2.52. The van der Waals surface area contributed by atoms with Crippen molar-refractivity contribution in [3.05, 3.63) is 6.42 Å². The molecule has 5 fully saturated rings. The molecule has 0 aromatic rings. The van der Waals surface area contributed by atoms with Gasteiger partial charge in [0, 0.05) is 6.61 Å². The molecule has 4 aliphatic carbocycles. The third-order valence-electron chi connectivity index (χ3n) is 5.26. The van der Waals surface area contributed by atoms with Gasteiger partial charge in [0.15, 0.2) is 6.29 Å². The molecule has 0 aromatic heterocycles. The van der Waals surface area contributed by atoms with Gasteiger partial charge in [0.25, 0.3) is 0 Å². The van der Waals surface area contributed by atoms with Gasteiger partial charge >= 0.3 is 0 Å². The van der Waals surface area contributed by atoms with Crippen LogP contribution < -0.4 is 0 Å². The molecule has 0 amide bonds. The first kappa shape index (κ1) is 10.8. The van der Waals surface area contributed by atoms with Gasteiger partial charge in [-0.2, -0.15) is 0 Å². The maximum atomic E-state index is 6.45. The van der Waals surface area contributed by atoms with Gasteiger partial charge in [-0.1, -0.05) is 0 Å². The third-order valence-corrected chi connectivity index (χ3v) is 5.26. The van der Waals surface area contributed by atoms with E-state index in [1.165, 1.54) is 44.9 Å². The summed E-state index contributed by atoms with van der Waals surface area (Å²) in [6.45, 7) is 0.906. The van der Waals surface area contributed by atoms with Crippen LogP contribution in [0.1, 0.15) is 51.4 Å². The minimum absolute atomic E-state index is 0.111. The van der Waals surface area contributed by atoms with Crippen LogP contribution in [-0.2, 0) is 9.47 Å². The molecule has 95 valence electrons. The SMILES string of the molecule is [CH]1C2CC3CC1CC(OC1CCCCO1)(C2)C3. The van der Waals surface area contributed by atoms with Crippen LogP contribution in [0.4, 0.5) is 0 Å². The van der Waals surface area contributed by atoms with E-state index < -0.39 is 0 Å². The van der Waals surface area contributed by atoms with E-state index in [0.29, 0.717) is 0 Å². The molecule has 17 heavy (non-hydrogen) atoms. The van der Waals surface area contributed by atoms with Crippen molar-refractivity contribution in [1.82, 2.24) is 0 Å². The Bertz CT molecular complexity index is 258. The maximum absolute atomic E-state index is 6.45. The lowest BCUT2D eigenvalue weighted by molar-refractivity contribution is -0.259. The van der Waals surface area contributed by atoms with Crippen LogP contribution in [0.15, 0.2) is 0 Å². The van der Waals surface area contributed by atoms with E-state index in [9.17, 15) is 0 Å². The molecule has 0 aromatic carbocycles. The lowest BCUT2D eigenvalue weighted by atomic mass is 9.54. The number of ether oxygens (including phenoxy) is 2. The summed E-state index contributed by atoms with van der Waals surface area (Å²) in [7, 11) is 0. The molecule has 0 spiro atoms. The van der Waals surface area contributed by atoms with Crippen LogP contribution in [0.2, 0.25) is 0 Å². The van der Waals surface area contributed by atoms with Gasteiger partial charge < -0.3 is 9.47 Å². The van der Waals surface area contributed by atoms with Gasteiger partial charge in [0.05, 0.1) is 5.60 Å². The number of rotatable bonds is 2. The normalized spacial score (nSPS) is 52.9. The molecule has 5 aliphatic rings. The topological polar surface area (TPSA) is 18.5 Å². The summed E-state index contributed by atoms with van der Waals surface area (Å²) in [6.07, 6.45) is 13.1. The van der Waals surface area contributed by atoms with E-state index in [4.69, 9.17) is 9.47 Å². The highest BCUT2D eigenvalue weighted by atomic mass is 16.7. The lowest BCUT2D eigenvalue weighted by Crippen LogP contribution is -2.54. The van der Waals surface area contributed by atoms with Crippen LogP contribution in [0.25, 0.3) is 0 Å². The second kappa shape index (κ2) is 3.96. The molecule has 1 saturated heterocycles. The zero-order valence-corrected chi connectivity index (χ0v) is 10.6. The molecule has 3 atom stereocenters. The molecule has 0 N–H and O–H groups in total. The summed E-state index contributed by atoms with van der Waals surface area (Å²) in [5.41, 5.74) is 0.202. The van der Waals surface area contributed by atoms with Crippen molar-refractivity contribution in [3.8, 4) is 0 Å². The summed E-state index contributed by atoms with van der Waals surface area (Å²) in [4.78, 5) is 0. The minimum Gasteiger partial charge on any atom is -0.353 e. The molecule has 3 unspecified atom stereocenters. The first-order chi connectivity index (χ1) is 8.31. The molecular formula is C15H23O2. The van der Waals surface area contributed by atoms with Crippen molar-refractivity contribution in [2.24, 2.45) is 17.8 Å². The van der Waals surface area contributed by atoms with Crippen LogP contribution in [0, 0.1) is 24.2 Å². The average molecular weight is 235 g/mol. The molecule has 4 bridgehead atoms. The van der Waals surface area contributed by atoms with Crippen molar-refractivity contribution in [1.29, 1.82) is 0 Å². The predicted octanol–water partition coefficient (Wildman–Crippen LogP) is 3.31. The molecular weight excluding hydrogens is 212 g/mol. The Balaban J connectivity index is 1.48. The van der Waals surface area contributed by atoms with Crippen molar-refractivity contribution >= 4 is 0 Å². The maximum Gasteiger partial charge on any atom is 0.158 e. The van der Waals surface area contributed by atoms with Crippen molar-refractivity contribution in [2.45, 2.75) is 63.3 Å². The number of hydrogen-bond donors (Lipinski definition) is 0. The fraction of sp³-hybridized carbons (Fsp3) is 0.933.